The Bertz CT molecular complexity index is 292. The minimum Gasteiger partial charge on any atom is -0.265 e. The standard InChI is InChI=1S/C7H9N.C5H5N/c1-2-7-4-3-5-8-6-7;1-2-4-6-5-3-1/h3-6H,2H2,1H3;1-5H. The predicted octanol–water partition coefficient (Wildman–Crippen LogP) is 2.73. The van der Waals surface area contributed by atoms with E-state index in [1.807, 2.05) is 30.5 Å². The zero-order chi connectivity index (χ0) is 10.1. The first kappa shape index (κ1) is 10.4. The van der Waals surface area contributed by atoms with E-state index < -0.39 is 0 Å². The van der Waals surface area contributed by atoms with Crippen LogP contribution in [0.4, 0.5) is 0 Å². The highest BCUT2D eigenvalue weighted by atomic mass is 14.6. The molecule has 2 aromatic heterocycles. The van der Waals surface area contributed by atoms with E-state index in [2.05, 4.69) is 23.0 Å². The zero-order valence-corrected chi connectivity index (χ0v) is 8.30. The summed E-state index contributed by atoms with van der Waals surface area (Å²) in [7, 11) is 0. The van der Waals surface area contributed by atoms with Crippen LogP contribution in [0.1, 0.15) is 12.5 Å². The molecular weight excluding hydrogens is 172 g/mol. The minimum atomic E-state index is 1.08. The van der Waals surface area contributed by atoms with Gasteiger partial charge >= 0.3 is 0 Å². The van der Waals surface area contributed by atoms with Crippen molar-refractivity contribution in [3.05, 3.63) is 60.7 Å². The molecule has 0 radical (unpaired) electrons. The van der Waals surface area contributed by atoms with Crippen molar-refractivity contribution in [1.29, 1.82) is 0 Å². The summed E-state index contributed by atoms with van der Waals surface area (Å²) in [5.74, 6) is 0. The van der Waals surface area contributed by atoms with Gasteiger partial charge in [0.25, 0.3) is 0 Å². The fraction of sp³-hybridized carbons (Fsp3) is 0.167. The average Bonchev–Trinajstić information content (AvgIpc) is 2.33. The van der Waals surface area contributed by atoms with Crippen molar-refractivity contribution in [1.82, 2.24) is 9.97 Å². The van der Waals surface area contributed by atoms with E-state index in [-0.39, 0.29) is 0 Å². The van der Waals surface area contributed by atoms with Crippen molar-refractivity contribution in [2.45, 2.75) is 13.3 Å². The summed E-state index contributed by atoms with van der Waals surface area (Å²) in [5, 5.41) is 0. The van der Waals surface area contributed by atoms with Crippen LogP contribution < -0.4 is 0 Å². The number of aromatic nitrogens is 2. The van der Waals surface area contributed by atoms with Crippen molar-refractivity contribution >= 4 is 0 Å². The lowest BCUT2D eigenvalue weighted by Gasteiger charge is -1.88. The van der Waals surface area contributed by atoms with Gasteiger partial charge in [-0.2, -0.15) is 0 Å². The quantitative estimate of drug-likeness (QED) is 0.684. The summed E-state index contributed by atoms with van der Waals surface area (Å²) in [6.45, 7) is 2.12. The molecule has 0 aliphatic heterocycles. The third kappa shape index (κ3) is 4.36. The molecule has 0 N–H and O–H groups in total. The van der Waals surface area contributed by atoms with Gasteiger partial charge in [-0.15, -0.1) is 0 Å². The van der Waals surface area contributed by atoms with Gasteiger partial charge in [0.2, 0.25) is 0 Å². The summed E-state index contributed by atoms with van der Waals surface area (Å²) in [6.07, 6.45) is 8.26. The number of hydrogen-bond donors (Lipinski definition) is 0. The third-order valence-electron chi connectivity index (χ3n) is 1.70. The molecule has 0 aliphatic carbocycles. The van der Waals surface area contributed by atoms with Gasteiger partial charge in [-0.3, -0.25) is 9.97 Å². The Kier molecular flexibility index (Phi) is 5.03. The van der Waals surface area contributed by atoms with E-state index in [1.165, 1.54) is 5.56 Å². The van der Waals surface area contributed by atoms with Crippen molar-refractivity contribution in [2.75, 3.05) is 0 Å². The molecule has 0 amide bonds. The number of nitrogens with zero attached hydrogens (tertiary/aromatic N) is 2. The molecule has 0 fully saturated rings. The van der Waals surface area contributed by atoms with E-state index in [0.717, 1.165) is 6.42 Å². The van der Waals surface area contributed by atoms with Crippen LogP contribution in [-0.2, 0) is 6.42 Å². The minimum absolute atomic E-state index is 1.08. The molecule has 2 rings (SSSR count). The maximum atomic E-state index is 3.96. The normalized spacial score (nSPS) is 8.64. The average molecular weight is 186 g/mol. The van der Waals surface area contributed by atoms with Crippen molar-refractivity contribution in [3.63, 3.8) is 0 Å². The van der Waals surface area contributed by atoms with Crippen molar-refractivity contribution in [3.8, 4) is 0 Å². The van der Waals surface area contributed by atoms with Gasteiger partial charge in [0, 0.05) is 24.8 Å². The summed E-state index contributed by atoms with van der Waals surface area (Å²) in [4.78, 5) is 7.74. The molecule has 72 valence electrons. The number of aryl methyl sites for hydroxylation is 1. The summed E-state index contributed by atoms with van der Waals surface area (Å²) >= 11 is 0. The van der Waals surface area contributed by atoms with Crippen LogP contribution in [0.3, 0.4) is 0 Å². The number of rotatable bonds is 1. The molecule has 0 aromatic carbocycles. The molecular formula is C12H14N2. The highest BCUT2D eigenvalue weighted by Crippen LogP contribution is 1.93. The van der Waals surface area contributed by atoms with Crippen LogP contribution in [-0.4, -0.2) is 9.97 Å². The fourth-order valence-electron chi connectivity index (χ4n) is 0.920. The van der Waals surface area contributed by atoms with Gasteiger partial charge < -0.3 is 0 Å². The largest absolute Gasteiger partial charge is 0.265 e. The van der Waals surface area contributed by atoms with Crippen molar-refractivity contribution in [2.24, 2.45) is 0 Å². The second-order valence-corrected chi connectivity index (χ2v) is 2.74. The van der Waals surface area contributed by atoms with Gasteiger partial charge in [-0.25, -0.2) is 0 Å². The first-order chi connectivity index (χ1) is 6.93. The maximum Gasteiger partial charge on any atom is 0.0299 e. The highest BCUT2D eigenvalue weighted by molar-refractivity contribution is 5.07. The van der Waals surface area contributed by atoms with Gasteiger partial charge in [-0.05, 0) is 30.2 Å². The van der Waals surface area contributed by atoms with E-state index in [4.69, 9.17) is 0 Å². The SMILES string of the molecule is CCc1cccnc1.c1ccncc1. The molecule has 0 saturated heterocycles. The molecule has 2 heteroatoms. The topological polar surface area (TPSA) is 25.8 Å². The van der Waals surface area contributed by atoms with Gasteiger partial charge in [0.05, 0.1) is 0 Å². The Morgan fingerprint density at radius 3 is 1.93 bits per heavy atom. The van der Waals surface area contributed by atoms with E-state index >= 15 is 0 Å². The zero-order valence-electron chi connectivity index (χ0n) is 8.30. The van der Waals surface area contributed by atoms with Gasteiger partial charge in [-0.1, -0.05) is 19.1 Å². The van der Waals surface area contributed by atoms with E-state index in [9.17, 15) is 0 Å². The van der Waals surface area contributed by atoms with Crippen LogP contribution in [0.5, 0.6) is 0 Å². The van der Waals surface area contributed by atoms with Gasteiger partial charge in [0.1, 0.15) is 0 Å². The third-order valence-corrected chi connectivity index (χ3v) is 1.70. The Morgan fingerprint density at radius 2 is 1.64 bits per heavy atom. The predicted molar refractivity (Wildman–Crippen MR) is 57.9 cm³/mol. The second-order valence-electron chi connectivity index (χ2n) is 2.74. The molecule has 2 aromatic rings. The van der Waals surface area contributed by atoms with Crippen LogP contribution in [0.15, 0.2) is 55.1 Å². The van der Waals surface area contributed by atoms with Crippen molar-refractivity contribution < 1.29 is 0 Å². The molecule has 2 heterocycles. The number of pyridine rings is 2. The molecule has 14 heavy (non-hydrogen) atoms. The highest BCUT2D eigenvalue weighted by Gasteiger charge is 1.81. The summed E-state index contributed by atoms with van der Waals surface area (Å²) in [5.41, 5.74) is 1.30. The Hall–Kier alpha value is -1.70. The lowest BCUT2D eigenvalue weighted by Crippen LogP contribution is -1.77. The molecule has 0 saturated carbocycles. The molecule has 0 bridgehead atoms. The Morgan fingerprint density at radius 1 is 0.929 bits per heavy atom. The fourth-order valence-corrected chi connectivity index (χ4v) is 0.920. The maximum absolute atomic E-state index is 3.96. The first-order valence-corrected chi connectivity index (χ1v) is 4.67. The lowest BCUT2D eigenvalue weighted by molar-refractivity contribution is 1.10. The summed E-state index contributed by atoms with van der Waals surface area (Å²) in [6, 6.07) is 9.75. The Labute approximate surface area is 84.7 Å². The lowest BCUT2D eigenvalue weighted by atomic mass is 10.2. The van der Waals surface area contributed by atoms with Crippen LogP contribution in [0.25, 0.3) is 0 Å². The van der Waals surface area contributed by atoms with Gasteiger partial charge in [0.15, 0.2) is 0 Å². The first-order valence-electron chi connectivity index (χ1n) is 4.67. The van der Waals surface area contributed by atoms with Crippen LogP contribution in [0, 0.1) is 0 Å². The van der Waals surface area contributed by atoms with Crippen LogP contribution in [0.2, 0.25) is 0 Å². The second kappa shape index (κ2) is 6.78. The molecule has 0 atom stereocenters. The molecule has 0 spiro atoms. The molecule has 0 aliphatic rings. The smallest absolute Gasteiger partial charge is 0.0299 e. The molecule has 0 unspecified atom stereocenters. The summed E-state index contributed by atoms with van der Waals surface area (Å²) < 4.78 is 0. The van der Waals surface area contributed by atoms with E-state index in [1.54, 1.807) is 18.6 Å². The van der Waals surface area contributed by atoms with E-state index in [0.29, 0.717) is 0 Å². The monoisotopic (exact) mass is 186 g/mol. The van der Waals surface area contributed by atoms with Crippen LogP contribution >= 0.6 is 0 Å². The molecule has 2 nitrogen and oxygen atoms in total. The number of hydrogen-bond acceptors (Lipinski definition) is 2. The Balaban J connectivity index is 0.000000146.